The van der Waals surface area contributed by atoms with Crippen LogP contribution in [-0.4, -0.2) is 25.7 Å². The molecule has 2 atom stereocenters. The zero-order valence-electron chi connectivity index (χ0n) is 10.3. The maximum atomic E-state index is 11.3. The van der Waals surface area contributed by atoms with Crippen LogP contribution in [0.5, 0.6) is 0 Å². The largest absolute Gasteiger partial charge is 0.469 e. The van der Waals surface area contributed by atoms with E-state index < -0.39 is 0 Å². The topological polar surface area (TPSA) is 38.3 Å². The first-order valence-electron chi connectivity index (χ1n) is 5.60. The van der Waals surface area contributed by atoms with Crippen LogP contribution in [0.1, 0.15) is 18.7 Å². The first-order valence-corrected chi connectivity index (χ1v) is 7.21. The van der Waals surface area contributed by atoms with Crippen molar-refractivity contribution in [1.82, 2.24) is 5.32 Å². The average molecular weight is 320 g/mol. The van der Waals surface area contributed by atoms with E-state index in [1.165, 1.54) is 12.0 Å². The van der Waals surface area contributed by atoms with Gasteiger partial charge in [-0.05, 0) is 41.4 Å². The van der Waals surface area contributed by atoms with Gasteiger partial charge in [0.25, 0.3) is 0 Å². The Hall–Kier alpha value is -0.390. The van der Waals surface area contributed by atoms with Gasteiger partial charge in [0.1, 0.15) is 0 Å². The summed E-state index contributed by atoms with van der Waals surface area (Å²) < 4.78 is 5.87. The molecule has 2 unspecified atom stereocenters. The van der Waals surface area contributed by atoms with Crippen LogP contribution in [0.25, 0.3) is 0 Å². The molecule has 5 heteroatoms. The standard InChI is InChI=1S/C12H18BrNO2S/c1-8(12(15)16-3)9(2)14-7-6-10-4-5-11(13)17-10/h4-5,8-9,14H,6-7H2,1-3H3. The molecule has 0 bridgehead atoms. The fraction of sp³-hybridized carbons (Fsp3) is 0.583. The molecule has 0 amide bonds. The molecule has 17 heavy (non-hydrogen) atoms. The highest BCUT2D eigenvalue weighted by Gasteiger charge is 2.19. The summed E-state index contributed by atoms with van der Waals surface area (Å²) in [6.45, 7) is 4.76. The predicted molar refractivity (Wildman–Crippen MR) is 74.4 cm³/mol. The Morgan fingerprint density at radius 1 is 1.53 bits per heavy atom. The van der Waals surface area contributed by atoms with Gasteiger partial charge in [-0.1, -0.05) is 6.92 Å². The number of carbonyl (C=O) groups is 1. The van der Waals surface area contributed by atoms with Crippen molar-refractivity contribution >= 4 is 33.2 Å². The molecule has 0 radical (unpaired) electrons. The lowest BCUT2D eigenvalue weighted by Crippen LogP contribution is -2.37. The number of carbonyl (C=O) groups excluding carboxylic acids is 1. The van der Waals surface area contributed by atoms with E-state index in [4.69, 9.17) is 4.74 Å². The Balaban J connectivity index is 2.28. The minimum absolute atomic E-state index is 0.116. The van der Waals surface area contributed by atoms with Crippen molar-refractivity contribution in [3.8, 4) is 0 Å². The van der Waals surface area contributed by atoms with Crippen molar-refractivity contribution in [2.24, 2.45) is 5.92 Å². The van der Waals surface area contributed by atoms with Crippen LogP contribution in [-0.2, 0) is 16.0 Å². The Kier molecular flexibility index (Phi) is 6.16. The number of rotatable bonds is 6. The van der Waals surface area contributed by atoms with Crippen LogP contribution in [0.4, 0.5) is 0 Å². The number of ether oxygens (including phenoxy) is 1. The third-order valence-corrected chi connectivity index (χ3v) is 4.47. The summed E-state index contributed by atoms with van der Waals surface area (Å²) in [4.78, 5) is 12.7. The monoisotopic (exact) mass is 319 g/mol. The highest BCUT2D eigenvalue weighted by molar-refractivity contribution is 9.11. The molecule has 1 heterocycles. The first kappa shape index (κ1) is 14.7. The van der Waals surface area contributed by atoms with E-state index in [1.54, 1.807) is 11.3 Å². The lowest BCUT2D eigenvalue weighted by atomic mass is 10.0. The minimum Gasteiger partial charge on any atom is -0.469 e. The first-order chi connectivity index (χ1) is 8.04. The second kappa shape index (κ2) is 7.13. The van der Waals surface area contributed by atoms with E-state index in [9.17, 15) is 4.79 Å². The summed E-state index contributed by atoms with van der Waals surface area (Å²) >= 11 is 5.19. The summed E-state index contributed by atoms with van der Waals surface area (Å²) in [6.07, 6.45) is 0.981. The fourth-order valence-corrected chi connectivity index (χ4v) is 2.96. The normalized spacial score (nSPS) is 14.4. The molecule has 0 saturated carbocycles. The molecule has 1 rings (SSSR count). The van der Waals surface area contributed by atoms with Crippen molar-refractivity contribution in [2.45, 2.75) is 26.3 Å². The van der Waals surface area contributed by atoms with E-state index in [0.717, 1.165) is 16.8 Å². The van der Waals surface area contributed by atoms with Gasteiger partial charge in [-0.15, -0.1) is 11.3 Å². The lowest BCUT2D eigenvalue weighted by molar-refractivity contribution is -0.145. The van der Waals surface area contributed by atoms with Gasteiger partial charge in [-0.25, -0.2) is 0 Å². The summed E-state index contributed by atoms with van der Waals surface area (Å²) in [5.74, 6) is -0.279. The van der Waals surface area contributed by atoms with Crippen LogP contribution >= 0.6 is 27.3 Å². The number of methoxy groups -OCH3 is 1. The maximum absolute atomic E-state index is 11.3. The quantitative estimate of drug-likeness (QED) is 0.819. The molecule has 1 aromatic heterocycles. The Morgan fingerprint density at radius 2 is 2.24 bits per heavy atom. The fourth-order valence-electron chi connectivity index (χ4n) is 1.48. The second-order valence-electron chi connectivity index (χ2n) is 4.01. The molecule has 0 aliphatic carbocycles. The molecule has 0 aliphatic heterocycles. The van der Waals surface area contributed by atoms with E-state index in [1.807, 2.05) is 13.8 Å². The van der Waals surface area contributed by atoms with Gasteiger partial charge >= 0.3 is 5.97 Å². The summed E-state index contributed by atoms with van der Waals surface area (Å²) in [7, 11) is 1.43. The third kappa shape index (κ3) is 4.77. The molecule has 1 N–H and O–H groups in total. The van der Waals surface area contributed by atoms with Crippen LogP contribution in [0.15, 0.2) is 15.9 Å². The van der Waals surface area contributed by atoms with Gasteiger partial charge in [0, 0.05) is 17.5 Å². The van der Waals surface area contributed by atoms with Crippen LogP contribution in [0.3, 0.4) is 0 Å². The van der Waals surface area contributed by atoms with Crippen molar-refractivity contribution in [3.63, 3.8) is 0 Å². The molecule has 96 valence electrons. The highest BCUT2D eigenvalue weighted by Crippen LogP contribution is 2.22. The zero-order chi connectivity index (χ0) is 12.8. The third-order valence-electron chi connectivity index (χ3n) is 2.79. The molecule has 0 aromatic carbocycles. The van der Waals surface area contributed by atoms with Gasteiger partial charge in [0.05, 0.1) is 16.8 Å². The Bertz CT molecular complexity index is 367. The molecule has 0 saturated heterocycles. The SMILES string of the molecule is COC(=O)C(C)C(C)NCCc1ccc(Br)s1. The zero-order valence-corrected chi connectivity index (χ0v) is 12.7. The smallest absolute Gasteiger partial charge is 0.309 e. The Morgan fingerprint density at radius 3 is 2.76 bits per heavy atom. The minimum atomic E-state index is -0.163. The molecular formula is C12H18BrNO2S. The van der Waals surface area contributed by atoms with Gasteiger partial charge in [0.15, 0.2) is 0 Å². The number of hydrogen-bond donors (Lipinski definition) is 1. The highest BCUT2D eigenvalue weighted by atomic mass is 79.9. The average Bonchev–Trinajstić information content (AvgIpc) is 2.72. The van der Waals surface area contributed by atoms with Crippen LogP contribution in [0, 0.1) is 5.92 Å². The summed E-state index contributed by atoms with van der Waals surface area (Å²) in [5, 5.41) is 3.35. The Labute approximate surface area is 115 Å². The molecule has 0 aliphatic rings. The van der Waals surface area contributed by atoms with Gasteiger partial charge in [-0.3, -0.25) is 4.79 Å². The van der Waals surface area contributed by atoms with Crippen molar-refractivity contribution in [2.75, 3.05) is 13.7 Å². The molecule has 3 nitrogen and oxygen atoms in total. The van der Waals surface area contributed by atoms with Gasteiger partial charge in [-0.2, -0.15) is 0 Å². The summed E-state index contributed by atoms with van der Waals surface area (Å²) in [5.41, 5.74) is 0. The molecule has 0 spiro atoms. The predicted octanol–water partition coefficient (Wildman–Crippen LogP) is 2.84. The van der Waals surface area contributed by atoms with Gasteiger partial charge < -0.3 is 10.1 Å². The van der Waals surface area contributed by atoms with Crippen molar-refractivity contribution in [3.05, 3.63) is 20.8 Å². The van der Waals surface area contributed by atoms with Crippen molar-refractivity contribution in [1.29, 1.82) is 0 Å². The summed E-state index contributed by atoms with van der Waals surface area (Å²) in [6, 6.07) is 4.30. The molecular weight excluding hydrogens is 302 g/mol. The van der Waals surface area contributed by atoms with Gasteiger partial charge in [0.2, 0.25) is 0 Å². The number of thiophene rings is 1. The van der Waals surface area contributed by atoms with Crippen LogP contribution < -0.4 is 5.32 Å². The van der Waals surface area contributed by atoms with Crippen LogP contribution in [0.2, 0.25) is 0 Å². The molecule has 0 fully saturated rings. The van der Waals surface area contributed by atoms with E-state index >= 15 is 0 Å². The van der Waals surface area contributed by atoms with E-state index in [-0.39, 0.29) is 17.9 Å². The number of halogens is 1. The maximum Gasteiger partial charge on any atom is 0.309 e. The molecule has 1 aromatic rings. The van der Waals surface area contributed by atoms with E-state index in [2.05, 4.69) is 33.4 Å². The van der Waals surface area contributed by atoms with E-state index in [0.29, 0.717) is 0 Å². The number of hydrogen-bond acceptors (Lipinski definition) is 4. The number of nitrogens with one attached hydrogen (secondary N) is 1. The van der Waals surface area contributed by atoms with Crippen molar-refractivity contribution < 1.29 is 9.53 Å². The second-order valence-corrected chi connectivity index (χ2v) is 6.56. The lowest BCUT2D eigenvalue weighted by Gasteiger charge is -2.18. The number of esters is 1.